The average Bonchev–Trinajstić information content (AvgIpc) is 2.63. The van der Waals surface area contributed by atoms with E-state index in [1.807, 2.05) is 6.92 Å². The highest BCUT2D eigenvalue weighted by Gasteiger charge is 2.31. The Balaban J connectivity index is 2.01. The second kappa shape index (κ2) is 9.32. The van der Waals surface area contributed by atoms with Gasteiger partial charge in [0, 0.05) is 25.2 Å². The van der Waals surface area contributed by atoms with Gasteiger partial charge in [-0.3, -0.25) is 9.59 Å². The maximum atomic E-state index is 12.8. The van der Waals surface area contributed by atoms with Crippen LogP contribution in [0.15, 0.2) is 29.2 Å². The Morgan fingerprint density at radius 1 is 1.07 bits per heavy atom. The van der Waals surface area contributed by atoms with Gasteiger partial charge in [0.15, 0.2) is 0 Å². The summed E-state index contributed by atoms with van der Waals surface area (Å²) >= 11 is 0. The fourth-order valence-corrected chi connectivity index (χ4v) is 5.00. The van der Waals surface area contributed by atoms with Crippen LogP contribution in [0.25, 0.3) is 0 Å². The summed E-state index contributed by atoms with van der Waals surface area (Å²) in [6, 6.07) is 5.85. The molecule has 1 fully saturated rings. The van der Waals surface area contributed by atoms with Crippen molar-refractivity contribution in [3.8, 4) is 0 Å². The van der Waals surface area contributed by atoms with Crippen molar-refractivity contribution in [3.63, 3.8) is 0 Å². The number of piperidine rings is 1. The minimum absolute atomic E-state index is 0.109. The first-order valence-corrected chi connectivity index (χ1v) is 10.8. The standard InChI is InChI=1S/C19H29N3O4S/c1-4-9-20-18(23)11-21-19(24)16-5-7-17(8-6-16)27(25,26)22-12-14(2)10-15(3)13-22/h5-8,14-15H,4,9-13H2,1-3H3,(H,20,23)(H,21,24)/t14-,15+. The number of hydrogen-bond acceptors (Lipinski definition) is 4. The van der Waals surface area contributed by atoms with Crippen molar-refractivity contribution < 1.29 is 18.0 Å². The highest BCUT2D eigenvalue weighted by Crippen LogP contribution is 2.26. The fraction of sp³-hybridized carbons (Fsp3) is 0.579. The summed E-state index contributed by atoms with van der Waals surface area (Å²) in [7, 11) is -3.57. The van der Waals surface area contributed by atoms with Crippen LogP contribution in [0.5, 0.6) is 0 Å². The van der Waals surface area contributed by atoms with Crippen molar-refractivity contribution in [2.45, 2.75) is 38.5 Å². The zero-order valence-electron chi connectivity index (χ0n) is 16.2. The number of hydrogen-bond donors (Lipinski definition) is 2. The first-order chi connectivity index (χ1) is 12.7. The average molecular weight is 396 g/mol. The molecule has 1 aliphatic rings. The number of rotatable bonds is 7. The van der Waals surface area contributed by atoms with Crippen molar-refractivity contribution in [1.29, 1.82) is 0 Å². The zero-order valence-corrected chi connectivity index (χ0v) is 17.0. The van der Waals surface area contributed by atoms with E-state index in [-0.39, 0.29) is 17.3 Å². The highest BCUT2D eigenvalue weighted by atomic mass is 32.2. The number of nitrogens with zero attached hydrogens (tertiary/aromatic N) is 1. The minimum Gasteiger partial charge on any atom is -0.355 e. The summed E-state index contributed by atoms with van der Waals surface area (Å²) < 4.78 is 27.2. The first kappa shape index (κ1) is 21.4. The Kier molecular flexibility index (Phi) is 7.38. The SMILES string of the molecule is CCCNC(=O)CNC(=O)c1ccc(S(=O)(=O)N2C[C@H](C)C[C@H](C)C2)cc1. The van der Waals surface area contributed by atoms with Gasteiger partial charge in [-0.1, -0.05) is 20.8 Å². The third-order valence-electron chi connectivity index (χ3n) is 4.57. The van der Waals surface area contributed by atoms with Crippen LogP contribution in [0.2, 0.25) is 0 Å². The lowest BCUT2D eigenvalue weighted by Gasteiger charge is -2.34. The Morgan fingerprint density at radius 3 is 2.22 bits per heavy atom. The largest absolute Gasteiger partial charge is 0.355 e. The summed E-state index contributed by atoms with van der Waals surface area (Å²) in [6.07, 6.45) is 1.85. The van der Waals surface area contributed by atoms with Gasteiger partial charge in [-0.05, 0) is 48.9 Å². The van der Waals surface area contributed by atoms with Crippen LogP contribution in [0, 0.1) is 11.8 Å². The molecule has 2 atom stereocenters. The van der Waals surface area contributed by atoms with Crippen LogP contribution in [0.4, 0.5) is 0 Å². The summed E-state index contributed by atoms with van der Waals surface area (Å²) in [5, 5.41) is 5.20. The number of amides is 2. The van der Waals surface area contributed by atoms with E-state index in [1.165, 1.54) is 28.6 Å². The van der Waals surface area contributed by atoms with Crippen LogP contribution in [-0.4, -0.2) is 50.7 Å². The lowest BCUT2D eigenvalue weighted by molar-refractivity contribution is -0.120. The molecule has 2 rings (SSSR count). The second-order valence-electron chi connectivity index (χ2n) is 7.33. The molecule has 7 nitrogen and oxygen atoms in total. The van der Waals surface area contributed by atoms with Gasteiger partial charge in [0.2, 0.25) is 15.9 Å². The molecule has 1 heterocycles. The lowest BCUT2D eigenvalue weighted by atomic mass is 9.94. The molecule has 0 bridgehead atoms. The molecule has 1 saturated heterocycles. The summed E-state index contributed by atoms with van der Waals surface area (Å²) in [4.78, 5) is 23.8. The molecule has 0 unspecified atom stereocenters. The maximum absolute atomic E-state index is 12.8. The molecule has 1 aliphatic heterocycles. The summed E-state index contributed by atoms with van der Waals surface area (Å²) in [5.41, 5.74) is 0.317. The second-order valence-corrected chi connectivity index (χ2v) is 9.26. The van der Waals surface area contributed by atoms with Crippen molar-refractivity contribution >= 4 is 21.8 Å². The number of benzene rings is 1. The van der Waals surface area contributed by atoms with Crippen LogP contribution in [0.3, 0.4) is 0 Å². The third-order valence-corrected chi connectivity index (χ3v) is 6.42. The summed E-state index contributed by atoms with van der Waals surface area (Å²) in [5.74, 6) is -0.0107. The lowest BCUT2D eigenvalue weighted by Crippen LogP contribution is -2.42. The van der Waals surface area contributed by atoms with E-state index in [2.05, 4.69) is 24.5 Å². The molecular formula is C19H29N3O4S. The monoisotopic (exact) mass is 395 g/mol. The molecule has 1 aromatic rings. The molecule has 2 N–H and O–H groups in total. The van der Waals surface area contributed by atoms with Crippen LogP contribution in [-0.2, 0) is 14.8 Å². The molecule has 1 aromatic carbocycles. The van der Waals surface area contributed by atoms with E-state index in [0.717, 1.165) is 12.8 Å². The van der Waals surface area contributed by atoms with Gasteiger partial charge in [-0.2, -0.15) is 4.31 Å². The third kappa shape index (κ3) is 5.77. The molecule has 0 aromatic heterocycles. The van der Waals surface area contributed by atoms with Crippen molar-refractivity contribution in [2.24, 2.45) is 11.8 Å². The number of carbonyl (C=O) groups excluding carboxylic acids is 2. The van der Waals surface area contributed by atoms with Crippen molar-refractivity contribution in [2.75, 3.05) is 26.2 Å². The van der Waals surface area contributed by atoms with Crippen LogP contribution < -0.4 is 10.6 Å². The van der Waals surface area contributed by atoms with Crippen LogP contribution >= 0.6 is 0 Å². The first-order valence-electron chi connectivity index (χ1n) is 9.39. The van der Waals surface area contributed by atoms with Crippen molar-refractivity contribution in [1.82, 2.24) is 14.9 Å². The molecule has 0 aliphatic carbocycles. The Labute approximate surface area is 161 Å². The molecule has 150 valence electrons. The van der Waals surface area contributed by atoms with E-state index >= 15 is 0 Å². The Hall–Kier alpha value is -1.93. The predicted molar refractivity (Wildman–Crippen MR) is 104 cm³/mol. The Bertz CT molecular complexity index is 752. The van der Waals surface area contributed by atoms with Gasteiger partial charge < -0.3 is 10.6 Å². The number of carbonyl (C=O) groups is 2. The van der Waals surface area contributed by atoms with Crippen LogP contribution in [0.1, 0.15) is 44.0 Å². The Morgan fingerprint density at radius 2 is 1.67 bits per heavy atom. The van der Waals surface area contributed by atoms with E-state index in [9.17, 15) is 18.0 Å². The molecule has 8 heteroatoms. The number of nitrogens with one attached hydrogen (secondary N) is 2. The summed E-state index contributed by atoms with van der Waals surface area (Å²) in [6.45, 7) is 7.55. The van der Waals surface area contributed by atoms with E-state index in [0.29, 0.717) is 37.0 Å². The van der Waals surface area contributed by atoms with Gasteiger partial charge in [0.05, 0.1) is 11.4 Å². The van der Waals surface area contributed by atoms with E-state index in [4.69, 9.17) is 0 Å². The fourth-order valence-electron chi connectivity index (χ4n) is 3.32. The van der Waals surface area contributed by atoms with Gasteiger partial charge in [-0.15, -0.1) is 0 Å². The predicted octanol–water partition coefficient (Wildman–Crippen LogP) is 1.61. The normalized spacial score (nSPS) is 20.9. The minimum atomic E-state index is -3.57. The molecule has 0 spiro atoms. The smallest absolute Gasteiger partial charge is 0.251 e. The van der Waals surface area contributed by atoms with E-state index < -0.39 is 15.9 Å². The zero-order chi connectivity index (χ0) is 20.0. The quantitative estimate of drug-likeness (QED) is 0.733. The molecule has 27 heavy (non-hydrogen) atoms. The van der Waals surface area contributed by atoms with Crippen molar-refractivity contribution in [3.05, 3.63) is 29.8 Å². The van der Waals surface area contributed by atoms with Gasteiger partial charge in [0.1, 0.15) is 0 Å². The molecule has 0 radical (unpaired) electrons. The maximum Gasteiger partial charge on any atom is 0.251 e. The molecule has 2 amide bonds. The number of sulfonamides is 1. The molecular weight excluding hydrogens is 366 g/mol. The van der Waals surface area contributed by atoms with Gasteiger partial charge in [-0.25, -0.2) is 8.42 Å². The van der Waals surface area contributed by atoms with Gasteiger partial charge >= 0.3 is 0 Å². The highest BCUT2D eigenvalue weighted by molar-refractivity contribution is 7.89. The molecule has 0 saturated carbocycles. The van der Waals surface area contributed by atoms with E-state index in [1.54, 1.807) is 0 Å². The van der Waals surface area contributed by atoms with Gasteiger partial charge in [0.25, 0.3) is 5.91 Å². The topological polar surface area (TPSA) is 95.6 Å².